The summed E-state index contributed by atoms with van der Waals surface area (Å²) in [7, 11) is 0. The highest BCUT2D eigenvalue weighted by Gasteiger charge is 2.11. The molecule has 5 nitrogen and oxygen atoms in total. The van der Waals surface area contributed by atoms with Crippen LogP contribution in [-0.2, 0) is 12.8 Å². The molecular formula is C19H20N4O. The Bertz CT molecular complexity index is 905. The summed E-state index contributed by atoms with van der Waals surface area (Å²) in [6, 6.07) is 9.12. The Morgan fingerprint density at radius 2 is 1.71 bits per heavy atom. The molecule has 0 aliphatic heterocycles. The van der Waals surface area contributed by atoms with Gasteiger partial charge in [-0.3, -0.25) is 4.79 Å². The number of amides is 1. The third-order valence-corrected chi connectivity index (χ3v) is 3.91. The van der Waals surface area contributed by atoms with E-state index >= 15 is 0 Å². The standard InChI is InChI=1S/C19H20N4O/c1-4-14-15(5-2)22-17-11-13(6-7-16(17)21-14)19(24)23-18-10-12(3)8-9-20-18/h6-11H,4-5H2,1-3H3,(H,20,23,24). The summed E-state index contributed by atoms with van der Waals surface area (Å²) in [5.41, 5.74) is 5.16. The van der Waals surface area contributed by atoms with Crippen molar-refractivity contribution in [2.24, 2.45) is 0 Å². The second-order valence-electron chi connectivity index (χ2n) is 5.70. The molecular weight excluding hydrogens is 300 g/mol. The molecule has 2 heterocycles. The van der Waals surface area contributed by atoms with Gasteiger partial charge in [0.05, 0.1) is 22.4 Å². The Morgan fingerprint density at radius 3 is 2.38 bits per heavy atom. The van der Waals surface area contributed by atoms with E-state index in [1.165, 1.54) is 0 Å². The topological polar surface area (TPSA) is 67.8 Å². The number of anilines is 1. The molecule has 3 aromatic rings. The number of rotatable bonds is 4. The van der Waals surface area contributed by atoms with Gasteiger partial charge in [0.25, 0.3) is 5.91 Å². The van der Waals surface area contributed by atoms with Gasteiger partial charge in [0.1, 0.15) is 5.82 Å². The van der Waals surface area contributed by atoms with Crippen LogP contribution in [0.1, 0.15) is 41.2 Å². The van der Waals surface area contributed by atoms with Gasteiger partial charge < -0.3 is 5.32 Å². The maximum Gasteiger partial charge on any atom is 0.256 e. The molecule has 3 rings (SSSR count). The van der Waals surface area contributed by atoms with Crippen molar-refractivity contribution in [3.8, 4) is 0 Å². The first-order chi connectivity index (χ1) is 11.6. The van der Waals surface area contributed by atoms with Crippen molar-refractivity contribution < 1.29 is 4.79 Å². The zero-order valence-corrected chi connectivity index (χ0v) is 14.1. The van der Waals surface area contributed by atoms with E-state index in [1.807, 2.05) is 25.1 Å². The van der Waals surface area contributed by atoms with Crippen LogP contribution >= 0.6 is 0 Å². The van der Waals surface area contributed by atoms with E-state index in [-0.39, 0.29) is 5.91 Å². The summed E-state index contributed by atoms with van der Waals surface area (Å²) >= 11 is 0. The van der Waals surface area contributed by atoms with Crippen molar-refractivity contribution in [3.63, 3.8) is 0 Å². The van der Waals surface area contributed by atoms with Crippen molar-refractivity contribution in [1.29, 1.82) is 0 Å². The number of aryl methyl sites for hydroxylation is 3. The molecule has 0 spiro atoms. The van der Waals surface area contributed by atoms with E-state index in [0.29, 0.717) is 11.4 Å². The van der Waals surface area contributed by atoms with Crippen molar-refractivity contribution in [3.05, 3.63) is 59.0 Å². The fourth-order valence-electron chi connectivity index (χ4n) is 2.63. The van der Waals surface area contributed by atoms with E-state index in [9.17, 15) is 4.79 Å². The lowest BCUT2D eigenvalue weighted by Gasteiger charge is -2.08. The molecule has 0 saturated heterocycles. The summed E-state index contributed by atoms with van der Waals surface area (Å²) in [5, 5.41) is 2.82. The molecule has 24 heavy (non-hydrogen) atoms. The monoisotopic (exact) mass is 320 g/mol. The van der Waals surface area contributed by atoms with Gasteiger partial charge >= 0.3 is 0 Å². The number of pyridine rings is 1. The fourth-order valence-corrected chi connectivity index (χ4v) is 2.63. The number of carbonyl (C=O) groups is 1. The molecule has 0 aliphatic carbocycles. The summed E-state index contributed by atoms with van der Waals surface area (Å²) in [6.07, 6.45) is 3.36. The van der Waals surface area contributed by atoms with Gasteiger partial charge in [-0.2, -0.15) is 0 Å². The van der Waals surface area contributed by atoms with E-state index in [4.69, 9.17) is 0 Å². The van der Waals surface area contributed by atoms with Gasteiger partial charge in [0.2, 0.25) is 0 Å². The summed E-state index contributed by atoms with van der Waals surface area (Å²) in [6.45, 7) is 6.10. The van der Waals surface area contributed by atoms with Crippen LogP contribution in [0.25, 0.3) is 11.0 Å². The number of aromatic nitrogens is 3. The zero-order chi connectivity index (χ0) is 17.1. The number of hydrogen-bond donors (Lipinski definition) is 1. The normalized spacial score (nSPS) is 10.8. The minimum absolute atomic E-state index is 0.200. The van der Waals surface area contributed by atoms with Crippen LogP contribution < -0.4 is 5.32 Å². The van der Waals surface area contributed by atoms with Gasteiger partial charge in [-0.05, 0) is 55.7 Å². The highest BCUT2D eigenvalue weighted by atomic mass is 16.1. The number of hydrogen-bond acceptors (Lipinski definition) is 4. The summed E-state index contributed by atoms with van der Waals surface area (Å²) < 4.78 is 0. The van der Waals surface area contributed by atoms with Crippen LogP contribution in [0.3, 0.4) is 0 Å². The molecule has 2 aromatic heterocycles. The highest BCUT2D eigenvalue weighted by Crippen LogP contribution is 2.17. The van der Waals surface area contributed by atoms with Crippen molar-refractivity contribution >= 4 is 22.8 Å². The van der Waals surface area contributed by atoms with Gasteiger partial charge in [-0.15, -0.1) is 0 Å². The number of nitrogens with zero attached hydrogens (tertiary/aromatic N) is 3. The van der Waals surface area contributed by atoms with Crippen LogP contribution in [0.15, 0.2) is 36.5 Å². The SMILES string of the molecule is CCc1nc2ccc(C(=O)Nc3cc(C)ccn3)cc2nc1CC. The first-order valence-corrected chi connectivity index (χ1v) is 8.14. The largest absolute Gasteiger partial charge is 0.307 e. The first kappa shape index (κ1) is 16.1. The molecule has 0 radical (unpaired) electrons. The Kier molecular flexibility index (Phi) is 4.51. The third kappa shape index (κ3) is 3.25. The number of fused-ring (bicyclic) bond motifs is 1. The Labute approximate surface area is 141 Å². The fraction of sp³-hybridized carbons (Fsp3) is 0.263. The van der Waals surface area contributed by atoms with Gasteiger partial charge in [-0.1, -0.05) is 13.8 Å². The first-order valence-electron chi connectivity index (χ1n) is 8.14. The van der Waals surface area contributed by atoms with E-state index in [0.717, 1.165) is 40.8 Å². The lowest BCUT2D eigenvalue weighted by molar-refractivity contribution is 0.102. The number of nitrogens with one attached hydrogen (secondary N) is 1. The van der Waals surface area contributed by atoms with E-state index < -0.39 is 0 Å². The third-order valence-electron chi connectivity index (χ3n) is 3.91. The van der Waals surface area contributed by atoms with Crippen LogP contribution in [0.2, 0.25) is 0 Å². The molecule has 1 aromatic carbocycles. The highest BCUT2D eigenvalue weighted by molar-refractivity contribution is 6.05. The van der Waals surface area contributed by atoms with Crippen molar-refractivity contribution in [2.75, 3.05) is 5.32 Å². The number of carbonyl (C=O) groups excluding carboxylic acids is 1. The zero-order valence-electron chi connectivity index (χ0n) is 14.1. The summed E-state index contributed by atoms with van der Waals surface area (Å²) in [4.78, 5) is 25.9. The van der Waals surface area contributed by atoms with E-state index in [2.05, 4.69) is 34.1 Å². The lowest BCUT2D eigenvalue weighted by Crippen LogP contribution is -2.13. The van der Waals surface area contributed by atoms with Crippen LogP contribution in [0.4, 0.5) is 5.82 Å². The Morgan fingerprint density at radius 1 is 1.00 bits per heavy atom. The molecule has 122 valence electrons. The van der Waals surface area contributed by atoms with Gasteiger partial charge in [0.15, 0.2) is 0 Å². The minimum Gasteiger partial charge on any atom is -0.307 e. The lowest BCUT2D eigenvalue weighted by atomic mass is 10.1. The maximum absolute atomic E-state index is 12.4. The quantitative estimate of drug-likeness (QED) is 0.795. The smallest absolute Gasteiger partial charge is 0.256 e. The molecule has 5 heteroatoms. The van der Waals surface area contributed by atoms with Crippen LogP contribution in [0, 0.1) is 6.92 Å². The summed E-state index contributed by atoms with van der Waals surface area (Å²) in [5.74, 6) is 0.344. The Balaban J connectivity index is 1.93. The second-order valence-corrected chi connectivity index (χ2v) is 5.70. The van der Waals surface area contributed by atoms with Crippen molar-refractivity contribution in [2.45, 2.75) is 33.6 Å². The maximum atomic E-state index is 12.4. The molecule has 1 amide bonds. The van der Waals surface area contributed by atoms with Gasteiger partial charge in [0, 0.05) is 11.8 Å². The van der Waals surface area contributed by atoms with Crippen LogP contribution in [-0.4, -0.2) is 20.9 Å². The average Bonchev–Trinajstić information content (AvgIpc) is 2.59. The second kappa shape index (κ2) is 6.74. The predicted molar refractivity (Wildman–Crippen MR) is 95.2 cm³/mol. The molecule has 0 aliphatic rings. The molecule has 1 N–H and O–H groups in total. The molecule has 0 unspecified atom stereocenters. The van der Waals surface area contributed by atoms with Gasteiger partial charge in [-0.25, -0.2) is 15.0 Å². The molecule has 0 bridgehead atoms. The van der Waals surface area contributed by atoms with Crippen molar-refractivity contribution in [1.82, 2.24) is 15.0 Å². The average molecular weight is 320 g/mol. The predicted octanol–water partition coefficient (Wildman–Crippen LogP) is 3.71. The number of benzene rings is 1. The Hall–Kier alpha value is -2.82. The van der Waals surface area contributed by atoms with E-state index in [1.54, 1.807) is 18.3 Å². The molecule has 0 atom stereocenters. The molecule has 0 fully saturated rings. The molecule has 0 saturated carbocycles. The minimum atomic E-state index is -0.200. The van der Waals surface area contributed by atoms with Crippen LogP contribution in [0.5, 0.6) is 0 Å².